The number of nitro benzene ring substituents is 1. The third-order valence-corrected chi connectivity index (χ3v) is 5.01. The van der Waals surface area contributed by atoms with Crippen LogP contribution in [0.5, 0.6) is 0 Å². The van der Waals surface area contributed by atoms with Crippen molar-refractivity contribution in [1.82, 2.24) is 4.98 Å². The van der Waals surface area contributed by atoms with Crippen LogP contribution >= 0.6 is 22.9 Å². The van der Waals surface area contributed by atoms with Gasteiger partial charge in [0.2, 0.25) is 5.91 Å². The molecule has 0 saturated carbocycles. The van der Waals surface area contributed by atoms with E-state index in [1.54, 1.807) is 19.1 Å². The third-order valence-electron chi connectivity index (χ3n) is 3.87. The van der Waals surface area contributed by atoms with Crippen LogP contribution in [0.4, 0.5) is 11.4 Å². The molecule has 138 valence electrons. The fraction of sp³-hybridized carbons (Fsp3) is 0.158. The van der Waals surface area contributed by atoms with E-state index in [-0.39, 0.29) is 18.0 Å². The van der Waals surface area contributed by atoms with Crippen molar-refractivity contribution in [1.29, 1.82) is 0 Å². The summed E-state index contributed by atoms with van der Waals surface area (Å²) in [7, 11) is 0. The normalized spacial score (nSPS) is 10.6. The highest BCUT2D eigenvalue weighted by molar-refractivity contribution is 7.09. The van der Waals surface area contributed by atoms with Crippen molar-refractivity contribution >= 4 is 40.2 Å². The Morgan fingerprint density at radius 2 is 2.11 bits per heavy atom. The molecule has 3 rings (SSSR count). The highest BCUT2D eigenvalue weighted by Crippen LogP contribution is 2.23. The molecule has 0 bridgehead atoms. The van der Waals surface area contributed by atoms with Crippen molar-refractivity contribution in [3.8, 4) is 0 Å². The van der Waals surface area contributed by atoms with Gasteiger partial charge in [-0.25, -0.2) is 4.98 Å². The maximum Gasteiger partial charge on any atom is 0.274 e. The molecule has 3 aromatic rings. The van der Waals surface area contributed by atoms with Gasteiger partial charge >= 0.3 is 0 Å². The largest absolute Gasteiger partial charge is 0.325 e. The van der Waals surface area contributed by atoms with Crippen LogP contribution in [0.2, 0.25) is 5.02 Å². The summed E-state index contributed by atoms with van der Waals surface area (Å²) in [4.78, 5) is 27.2. The lowest BCUT2D eigenvalue weighted by molar-refractivity contribution is -0.385. The zero-order valence-corrected chi connectivity index (χ0v) is 16.0. The lowest BCUT2D eigenvalue weighted by Gasteiger charge is -2.05. The van der Waals surface area contributed by atoms with E-state index < -0.39 is 4.92 Å². The maximum atomic E-state index is 12.2. The van der Waals surface area contributed by atoms with Gasteiger partial charge in [0.25, 0.3) is 5.69 Å². The van der Waals surface area contributed by atoms with Crippen LogP contribution < -0.4 is 5.32 Å². The first kappa shape index (κ1) is 19.0. The fourth-order valence-corrected chi connectivity index (χ4v) is 3.63. The lowest BCUT2D eigenvalue weighted by atomic mass is 10.1. The predicted octanol–water partition coefficient (Wildman–Crippen LogP) is 4.79. The lowest BCUT2D eigenvalue weighted by Crippen LogP contribution is -2.14. The van der Waals surface area contributed by atoms with Gasteiger partial charge in [-0.15, -0.1) is 11.3 Å². The molecular weight excluding hydrogens is 386 g/mol. The number of nitro groups is 1. The average Bonchev–Trinajstić information content (AvgIpc) is 3.03. The standard InChI is InChI=1S/C19H16ClN3O3S/c1-12-5-6-15(9-17(12)23(25)26)21-18(24)10-16-11-27-19(22-16)8-13-3-2-4-14(20)7-13/h2-7,9,11H,8,10H2,1H3,(H,21,24). The Bertz CT molecular complexity index is 1000. The second kappa shape index (κ2) is 8.28. The van der Waals surface area contributed by atoms with E-state index in [0.717, 1.165) is 10.6 Å². The van der Waals surface area contributed by atoms with Crippen molar-refractivity contribution in [2.45, 2.75) is 19.8 Å². The van der Waals surface area contributed by atoms with Crippen LogP contribution in [0, 0.1) is 17.0 Å². The number of hydrogen-bond acceptors (Lipinski definition) is 5. The predicted molar refractivity (Wildman–Crippen MR) is 107 cm³/mol. The molecule has 0 spiro atoms. The summed E-state index contributed by atoms with van der Waals surface area (Å²) in [6.07, 6.45) is 0.755. The summed E-state index contributed by atoms with van der Waals surface area (Å²) in [6, 6.07) is 12.2. The Balaban J connectivity index is 1.63. The molecule has 1 N–H and O–H groups in total. The van der Waals surface area contributed by atoms with E-state index >= 15 is 0 Å². The first-order valence-corrected chi connectivity index (χ1v) is 9.39. The van der Waals surface area contributed by atoms with Crippen molar-refractivity contribution < 1.29 is 9.72 Å². The van der Waals surface area contributed by atoms with Crippen molar-refractivity contribution in [3.63, 3.8) is 0 Å². The summed E-state index contributed by atoms with van der Waals surface area (Å²) in [5.41, 5.74) is 2.64. The number of aromatic nitrogens is 1. The molecule has 0 unspecified atom stereocenters. The van der Waals surface area contributed by atoms with Gasteiger partial charge in [-0.1, -0.05) is 29.8 Å². The number of halogens is 1. The number of carbonyl (C=O) groups excluding carboxylic acids is 1. The second-order valence-electron chi connectivity index (χ2n) is 6.02. The second-order valence-corrected chi connectivity index (χ2v) is 7.40. The monoisotopic (exact) mass is 401 g/mol. The Labute approximate surface area is 165 Å². The van der Waals surface area contributed by atoms with Crippen LogP contribution in [0.3, 0.4) is 0 Å². The molecule has 0 aliphatic carbocycles. The minimum atomic E-state index is -0.465. The molecule has 0 atom stereocenters. The Hall–Kier alpha value is -2.77. The number of carbonyl (C=O) groups is 1. The Morgan fingerprint density at radius 3 is 2.85 bits per heavy atom. The topological polar surface area (TPSA) is 85.1 Å². The molecular formula is C19H16ClN3O3S. The first-order chi connectivity index (χ1) is 12.9. The fourth-order valence-electron chi connectivity index (χ4n) is 2.59. The van der Waals surface area contributed by atoms with Gasteiger partial charge in [-0.3, -0.25) is 14.9 Å². The zero-order chi connectivity index (χ0) is 19.4. The van der Waals surface area contributed by atoms with Crippen molar-refractivity contribution in [3.05, 3.63) is 84.8 Å². The summed E-state index contributed by atoms with van der Waals surface area (Å²) in [5.74, 6) is -0.271. The van der Waals surface area contributed by atoms with E-state index in [1.807, 2.05) is 29.6 Å². The van der Waals surface area contributed by atoms with Crippen molar-refractivity contribution in [2.75, 3.05) is 5.32 Å². The van der Waals surface area contributed by atoms with Crippen LogP contribution in [0.1, 0.15) is 21.8 Å². The molecule has 1 amide bonds. The quantitative estimate of drug-likeness (QED) is 0.475. The number of hydrogen-bond donors (Lipinski definition) is 1. The van der Waals surface area contributed by atoms with E-state index in [2.05, 4.69) is 10.3 Å². The molecule has 0 aliphatic rings. The van der Waals surface area contributed by atoms with E-state index in [0.29, 0.717) is 28.4 Å². The van der Waals surface area contributed by atoms with Crippen LogP contribution in [-0.4, -0.2) is 15.8 Å². The summed E-state index contributed by atoms with van der Waals surface area (Å²) in [6.45, 7) is 1.65. The number of nitrogens with one attached hydrogen (secondary N) is 1. The number of benzene rings is 2. The molecule has 0 radical (unpaired) electrons. The molecule has 0 aliphatic heterocycles. The van der Waals surface area contributed by atoms with Crippen LogP contribution in [-0.2, 0) is 17.6 Å². The Kier molecular flexibility index (Phi) is 5.83. The van der Waals surface area contributed by atoms with E-state index in [9.17, 15) is 14.9 Å². The molecule has 6 nitrogen and oxygen atoms in total. The van der Waals surface area contributed by atoms with Crippen LogP contribution in [0.15, 0.2) is 47.8 Å². The number of amides is 1. The van der Waals surface area contributed by atoms with Gasteiger partial charge in [-0.2, -0.15) is 0 Å². The smallest absolute Gasteiger partial charge is 0.274 e. The minimum absolute atomic E-state index is 0.0229. The summed E-state index contributed by atoms with van der Waals surface area (Å²) >= 11 is 7.47. The highest BCUT2D eigenvalue weighted by Gasteiger charge is 2.13. The molecule has 1 heterocycles. The SMILES string of the molecule is Cc1ccc(NC(=O)Cc2csc(Cc3cccc(Cl)c3)n2)cc1[N+](=O)[O-]. The number of nitrogens with zero attached hydrogens (tertiary/aromatic N) is 2. The number of rotatable bonds is 6. The minimum Gasteiger partial charge on any atom is -0.325 e. The molecule has 8 heteroatoms. The Morgan fingerprint density at radius 1 is 1.30 bits per heavy atom. The number of aryl methyl sites for hydroxylation is 1. The first-order valence-electron chi connectivity index (χ1n) is 8.13. The molecule has 0 fully saturated rings. The van der Waals surface area contributed by atoms with E-state index in [1.165, 1.54) is 17.4 Å². The van der Waals surface area contributed by atoms with Crippen molar-refractivity contribution in [2.24, 2.45) is 0 Å². The van der Waals surface area contributed by atoms with Gasteiger partial charge in [0.05, 0.1) is 22.0 Å². The highest BCUT2D eigenvalue weighted by atomic mass is 35.5. The molecule has 2 aromatic carbocycles. The summed E-state index contributed by atoms with van der Waals surface area (Å²) in [5, 5.41) is 17.1. The maximum absolute atomic E-state index is 12.2. The van der Waals surface area contributed by atoms with Gasteiger partial charge in [0, 0.05) is 34.1 Å². The van der Waals surface area contributed by atoms with Crippen LogP contribution in [0.25, 0.3) is 0 Å². The van der Waals surface area contributed by atoms with Gasteiger partial charge in [-0.05, 0) is 30.7 Å². The third kappa shape index (κ3) is 5.12. The van der Waals surface area contributed by atoms with Gasteiger partial charge in [0.1, 0.15) is 0 Å². The van der Waals surface area contributed by atoms with Gasteiger partial charge in [0.15, 0.2) is 0 Å². The average molecular weight is 402 g/mol. The summed E-state index contributed by atoms with van der Waals surface area (Å²) < 4.78 is 0. The number of thiazole rings is 1. The van der Waals surface area contributed by atoms with E-state index in [4.69, 9.17) is 11.6 Å². The molecule has 27 heavy (non-hydrogen) atoms. The van der Waals surface area contributed by atoms with Gasteiger partial charge < -0.3 is 5.32 Å². The number of anilines is 1. The zero-order valence-electron chi connectivity index (χ0n) is 14.4. The molecule has 1 aromatic heterocycles. The molecule has 0 saturated heterocycles.